The molecule has 0 saturated carbocycles. The van der Waals surface area contributed by atoms with E-state index >= 15 is 0 Å². The predicted molar refractivity (Wildman–Crippen MR) is 88.5 cm³/mol. The van der Waals surface area contributed by atoms with Crippen LogP contribution in [0.3, 0.4) is 0 Å². The molecule has 24 heavy (non-hydrogen) atoms. The summed E-state index contributed by atoms with van der Waals surface area (Å²) in [6.45, 7) is 1.92. The van der Waals surface area contributed by atoms with E-state index in [1.54, 1.807) is 25.1 Å². The zero-order valence-corrected chi connectivity index (χ0v) is 14.2. The Morgan fingerprint density at radius 3 is 2.21 bits per heavy atom. The summed E-state index contributed by atoms with van der Waals surface area (Å²) in [5.41, 5.74) is 0.266. The molecule has 126 valence electrons. The number of hydrogen-bond donors (Lipinski definition) is 1. The summed E-state index contributed by atoms with van der Waals surface area (Å²) in [6, 6.07) is 4.71. The van der Waals surface area contributed by atoms with E-state index in [4.69, 9.17) is 0 Å². The van der Waals surface area contributed by atoms with Crippen LogP contribution in [0, 0.1) is 6.92 Å². The minimum absolute atomic E-state index is 0.381. The van der Waals surface area contributed by atoms with Crippen LogP contribution in [0.4, 0.5) is 10.5 Å². The van der Waals surface area contributed by atoms with Crippen LogP contribution in [0.1, 0.15) is 11.1 Å². The first-order valence-corrected chi connectivity index (χ1v) is 7.45. The van der Waals surface area contributed by atoms with Crippen molar-refractivity contribution in [1.82, 2.24) is 14.7 Å². The Morgan fingerprint density at radius 2 is 1.67 bits per heavy atom. The lowest BCUT2D eigenvalue weighted by Gasteiger charge is -2.42. The Bertz CT molecular complexity index is 775. The Kier molecular flexibility index (Phi) is 3.36. The topological polar surface area (TPSA) is 85.3 Å². The number of benzene rings is 1. The van der Waals surface area contributed by atoms with E-state index in [1.165, 1.54) is 14.1 Å². The normalized spacial score (nSPS) is 19.2. The van der Waals surface area contributed by atoms with Gasteiger partial charge in [0.05, 0.1) is 0 Å². The maximum absolute atomic E-state index is 13.0. The zero-order valence-electron chi connectivity index (χ0n) is 14.2. The summed E-state index contributed by atoms with van der Waals surface area (Å²) in [5, 5.41) is 3.14. The van der Waals surface area contributed by atoms with E-state index in [-0.39, 0.29) is 0 Å². The lowest BCUT2D eigenvalue weighted by Crippen LogP contribution is -2.66. The van der Waals surface area contributed by atoms with Gasteiger partial charge in [0.2, 0.25) is 5.54 Å². The van der Waals surface area contributed by atoms with Gasteiger partial charge < -0.3 is 10.2 Å². The van der Waals surface area contributed by atoms with Gasteiger partial charge in [-0.3, -0.25) is 19.4 Å². The van der Waals surface area contributed by atoms with Crippen LogP contribution in [-0.4, -0.2) is 66.7 Å². The number of carbonyl (C=O) groups is 3. The molecule has 1 aromatic carbocycles. The smallest absolute Gasteiger partial charge is 0.333 e. The van der Waals surface area contributed by atoms with Gasteiger partial charge in [-0.2, -0.15) is 0 Å². The number of urea groups is 1. The molecule has 8 heteroatoms. The van der Waals surface area contributed by atoms with E-state index in [2.05, 4.69) is 10.3 Å². The molecule has 4 amide bonds. The monoisotopic (exact) mass is 329 g/mol. The fraction of sp³-hybridized carbons (Fsp3) is 0.375. The number of rotatable bonds is 0. The Hall–Kier alpha value is -2.90. The summed E-state index contributed by atoms with van der Waals surface area (Å²) in [6.07, 6.45) is 0. The number of likely N-dealkylation sites (N-methyl/N-ethyl adjacent to an activating group) is 2. The van der Waals surface area contributed by atoms with Crippen molar-refractivity contribution in [1.29, 1.82) is 0 Å². The second-order valence-electron chi connectivity index (χ2n) is 6.23. The van der Waals surface area contributed by atoms with E-state index in [0.29, 0.717) is 17.2 Å². The third-order valence-electron chi connectivity index (χ3n) is 4.31. The molecule has 8 nitrogen and oxygen atoms in total. The number of carbonyl (C=O) groups excluding carboxylic acids is 3. The largest absolute Gasteiger partial charge is 0.349 e. The van der Waals surface area contributed by atoms with Crippen LogP contribution >= 0.6 is 0 Å². The highest BCUT2D eigenvalue weighted by atomic mass is 16.2. The van der Waals surface area contributed by atoms with E-state index < -0.39 is 23.4 Å². The number of fused-ring (bicyclic) bond motifs is 2. The molecule has 1 spiro atoms. The minimum Gasteiger partial charge on any atom is -0.349 e. The van der Waals surface area contributed by atoms with Crippen molar-refractivity contribution in [3.8, 4) is 0 Å². The highest BCUT2D eigenvalue weighted by Crippen LogP contribution is 2.41. The Balaban J connectivity index is 2.33. The SMILES string of the molecule is Cc1ccc2c(c1)NC(N(C)C)=NC21C(=O)N(C)C(=O)N(C)C1=O. The van der Waals surface area contributed by atoms with Gasteiger partial charge in [0.15, 0.2) is 5.96 Å². The molecule has 0 unspecified atom stereocenters. The average Bonchev–Trinajstić information content (AvgIpc) is 2.55. The summed E-state index contributed by atoms with van der Waals surface area (Å²) in [7, 11) is 6.24. The molecule has 1 saturated heterocycles. The summed E-state index contributed by atoms with van der Waals surface area (Å²) in [5.74, 6) is -0.922. The first kappa shape index (κ1) is 16.0. The van der Waals surface area contributed by atoms with Crippen LogP contribution in [0.2, 0.25) is 0 Å². The number of nitrogens with one attached hydrogen (secondary N) is 1. The first-order valence-electron chi connectivity index (χ1n) is 7.45. The predicted octanol–water partition coefficient (Wildman–Crippen LogP) is 0.584. The molecule has 2 heterocycles. The van der Waals surface area contributed by atoms with Gasteiger partial charge >= 0.3 is 6.03 Å². The number of anilines is 1. The third-order valence-corrected chi connectivity index (χ3v) is 4.31. The van der Waals surface area contributed by atoms with E-state index in [9.17, 15) is 14.4 Å². The third kappa shape index (κ3) is 1.92. The maximum atomic E-state index is 13.0. The number of imide groups is 2. The fourth-order valence-corrected chi connectivity index (χ4v) is 2.96. The van der Waals surface area contributed by atoms with Gasteiger partial charge in [0, 0.05) is 39.4 Å². The number of amides is 4. The van der Waals surface area contributed by atoms with Crippen molar-refractivity contribution < 1.29 is 14.4 Å². The molecule has 1 fully saturated rings. The van der Waals surface area contributed by atoms with Gasteiger partial charge in [0.25, 0.3) is 11.8 Å². The van der Waals surface area contributed by atoms with E-state index in [1.807, 2.05) is 19.1 Å². The van der Waals surface area contributed by atoms with Crippen LogP contribution in [0.25, 0.3) is 0 Å². The van der Waals surface area contributed by atoms with Gasteiger partial charge in [-0.05, 0) is 18.6 Å². The molecule has 0 bridgehead atoms. The molecule has 3 rings (SSSR count). The van der Waals surface area contributed by atoms with Crippen molar-refractivity contribution in [3.05, 3.63) is 29.3 Å². The second kappa shape index (κ2) is 5.05. The molecule has 0 radical (unpaired) electrons. The number of aliphatic imine (C=N–C) groups is 1. The number of aryl methyl sites for hydroxylation is 1. The van der Waals surface area contributed by atoms with Gasteiger partial charge in [0.1, 0.15) is 0 Å². The van der Waals surface area contributed by atoms with Crippen molar-refractivity contribution in [2.45, 2.75) is 12.5 Å². The molecule has 2 aliphatic heterocycles. The number of hydrogen-bond acceptors (Lipinski definition) is 6. The van der Waals surface area contributed by atoms with E-state index in [0.717, 1.165) is 15.4 Å². The Labute approximate surface area is 139 Å². The molecular formula is C16H19N5O3. The Morgan fingerprint density at radius 1 is 1.08 bits per heavy atom. The first-order chi connectivity index (χ1) is 11.2. The van der Waals surface area contributed by atoms with Crippen molar-refractivity contribution in [2.24, 2.45) is 4.99 Å². The summed E-state index contributed by atoms with van der Waals surface area (Å²) < 4.78 is 0. The summed E-state index contributed by atoms with van der Waals surface area (Å²) in [4.78, 5) is 46.1. The zero-order chi connectivity index (χ0) is 17.8. The lowest BCUT2D eigenvalue weighted by molar-refractivity contribution is -0.150. The average molecular weight is 329 g/mol. The molecule has 1 N–H and O–H groups in total. The molecule has 0 aromatic heterocycles. The lowest BCUT2D eigenvalue weighted by atomic mass is 9.83. The highest BCUT2D eigenvalue weighted by molar-refractivity contribution is 6.24. The van der Waals surface area contributed by atoms with Gasteiger partial charge in [-0.15, -0.1) is 0 Å². The molecule has 0 aliphatic carbocycles. The van der Waals surface area contributed by atoms with Gasteiger partial charge in [-0.1, -0.05) is 12.1 Å². The van der Waals surface area contributed by atoms with Crippen LogP contribution < -0.4 is 5.32 Å². The van der Waals surface area contributed by atoms with Crippen LogP contribution in [0.15, 0.2) is 23.2 Å². The standard InChI is InChI=1S/C16H19N5O3/c1-9-6-7-10-11(8-9)17-14(19(2)3)18-16(10)12(22)20(4)15(24)21(5)13(16)23/h6-8H,1-5H3,(H,17,18). The number of barbiturate groups is 1. The summed E-state index contributed by atoms with van der Waals surface area (Å²) >= 11 is 0. The second-order valence-corrected chi connectivity index (χ2v) is 6.23. The highest BCUT2D eigenvalue weighted by Gasteiger charge is 2.59. The van der Waals surface area contributed by atoms with Crippen LogP contribution in [0.5, 0.6) is 0 Å². The van der Waals surface area contributed by atoms with Crippen molar-refractivity contribution >= 4 is 29.5 Å². The van der Waals surface area contributed by atoms with Gasteiger partial charge in [-0.25, -0.2) is 9.79 Å². The molecular weight excluding hydrogens is 310 g/mol. The number of nitrogens with zero attached hydrogens (tertiary/aromatic N) is 4. The van der Waals surface area contributed by atoms with Crippen LogP contribution in [-0.2, 0) is 15.1 Å². The fourth-order valence-electron chi connectivity index (χ4n) is 2.96. The quantitative estimate of drug-likeness (QED) is 0.704. The molecule has 2 aliphatic rings. The van der Waals surface area contributed by atoms with Crippen molar-refractivity contribution in [2.75, 3.05) is 33.5 Å². The number of guanidine groups is 1. The molecule has 0 atom stereocenters. The van der Waals surface area contributed by atoms with Crippen molar-refractivity contribution in [3.63, 3.8) is 0 Å². The molecule has 1 aromatic rings. The maximum Gasteiger partial charge on any atom is 0.333 e. The minimum atomic E-state index is -1.79.